The molecule has 0 bridgehead atoms. The fraction of sp³-hybridized carbons (Fsp3) is 0.167. The molecule has 19 heavy (non-hydrogen) atoms. The van der Waals surface area contributed by atoms with Crippen LogP contribution in [-0.2, 0) is 16.4 Å². The predicted octanol–water partition coefficient (Wildman–Crippen LogP) is 0.779. The quantitative estimate of drug-likeness (QED) is 0.842. The van der Waals surface area contributed by atoms with Crippen LogP contribution in [0.3, 0.4) is 0 Å². The SMILES string of the molecule is NS(=O)(=O)c1ccc(CCNc2ccncn2)cc1. The van der Waals surface area contributed by atoms with Crippen LogP contribution in [0.15, 0.2) is 47.8 Å². The zero-order valence-corrected chi connectivity index (χ0v) is 11.0. The number of benzene rings is 1. The lowest BCUT2D eigenvalue weighted by Crippen LogP contribution is -2.12. The molecule has 1 heterocycles. The number of rotatable bonds is 5. The number of nitrogens with one attached hydrogen (secondary N) is 1. The molecule has 7 heteroatoms. The topological polar surface area (TPSA) is 98.0 Å². The van der Waals surface area contributed by atoms with E-state index < -0.39 is 10.0 Å². The minimum absolute atomic E-state index is 0.125. The zero-order valence-electron chi connectivity index (χ0n) is 10.2. The van der Waals surface area contributed by atoms with Gasteiger partial charge in [0, 0.05) is 12.7 Å². The van der Waals surface area contributed by atoms with Crippen molar-refractivity contribution in [1.82, 2.24) is 9.97 Å². The van der Waals surface area contributed by atoms with Crippen molar-refractivity contribution < 1.29 is 8.42 Å². The van der Waals surface area contributed by atoms with Gasteiger partial charge in [-0.3, -0.25) is 0 Å². The summed E-state index contributed by atoms with van der Waals surface area (Å²) in [6.07, 6.45) is 3.90. The smallest absolute Gasteiger partial charge is 0.238 e. The van der Waals surface area contributed by atoms with Crippen LogP contribution in [0, 0.1) is 0 Å². The number of aromatic nitrogens is 2. The number of primary sulfonamides is 1. The van der Waals surface area contributed by atoms with Crippen molar-refractivity contribution in [3.63, 3.8) is 0 Å². The number of nitrogens with zero attached hydrogens (tertiary/aromatic N) is 2. The monoisotopic (exact) mass is 278 g/mol. The van der Waals surface area contributed by atoms with Gasteiger partial charge in [-0.1, -0.05) is 12.1 Å². The number of sulfonamides is 1. The molecular weight excluding hydrogens is 264 g/mol. The second-order valence-corrected chi connectivity index (χ2v) is 5.52. The average Bonchev–Trinajstić information content (AvgIpc) is 2.39. The molecule has 0 saturated carbocycles. The fourth-order valence-corrected chi connectivity index (χ4v) is 2.09. The minimum atomic E-state index is -3.62. The Hall–Kier alpha value is -1.99. The Balaban J connectivity index is 1.90. The van der Waals surface area contributed by atoms with Gasteiger partial charge in [0.05, 0.1) is 4.90 Å². The molecule has 0 fully saturated rings. The molecule has 0 aliphatic heterocycles. The summed E-state index contributed by atoms with van der Waals surface area (Å²) >= 11 is 0. The zero-order chi connectivity index (χ0) is 13.7. The Morgan fingerprint density at radius 2 is 1.89 bits per heavy atom. The summed E-state index contributed by atoms with van der Waals surface area (Å²) in [6, 6.07) is 8.30. The number of hydrogen-bond donors (Lipinski definition) is 2. The van der Waals surface area contributed by atoms with Crippen LogP contribution < -0.4 is 10.5 Å². The predicted molar refractivity (Wildman–Crippen MR) is 72.0 cm³/mol. The van der Waals surface area contributed by atoms with Gasteiger partial charge in [0.1, 0.15) is 12.1 Å². The first-order chi connectivity index (χ1) is 9.05. The molecule has 3 N–H and O–H groups in total. The van der Waals surface area contributed by atoms with Gasteiger partial charge in [-0.15, -0.1) is 0 Å². The second kappa shape index (κ2) is 5.77. The van der Waals surface area contributed by atoms with Crippen LogP contribution in [0.5, 0.6) is 0 Å². The summed E-state index contributed by atoms with van der Waals surface area (Å²) in [5.41, 5.74) is 1.02. The van der Waals surface area contributed by atoms with Crippen molar-refractivity contribution >= 4 is 15.8 Å². The van der Waals surface area contributed by atoms with Gasteiger partial charge in [-0.2, -0.15) is 0 Å². The van der Waals surface area contributed by atoms with E-state index in [-0.39, 0.29) is 4.90 Å². The summed E-state index contributed by atoms with van der Waals surface area (Å²) < 4.78 is 22.2. The van der Waals surface area contributed by atoms with E-state index in [0.29, 0.717) is 6.54 Å². The van der Waals surface area contributed by atoms with Crippen molar-refractivity contribution in [3.05, 3.63) is 48.4 Å². The van der Waals surface area contributed by atoms with Crippen LogP contribution in [0.4, 0.5) is 5.82 Å². The molecular formula is C12H14N4O2S. The Labute approximate surface area is 111 Å². The molecule has 0 radical (unpaired) electrons. The van der Waals surface area contributed by atoms with Crippen LogP contribution >= 0.6 is 0 Å². The highest BCUT2D eigenvalue weighted by Gasteiger charge is 2.06. The molecule has 2 rings (SSSR count). The van der Waals surface area contributed by atoms with Crippen molar-refractivity contribution in [3.8, 4) is 0 Å². The van der Waals surface area contributed by atoms with E-state index in [9.17, 15) is 8.42 Å². The molecule has 1 aromatic carbocycles. The molecule has 0 saturated heterocycles. The Kier molecular flexibility index (Phi) is 4.08. The highest BCUT2D eigenvalue weighted by Crippen LogP contribution is 2.09. The summed E-state index contributed by atoms with van der Waals surface area (Å²) in [5.74, 6) is 0.760. The standard InChI is InChI=1S/C12H14N4O2S/c13-19(17,18)11-3-1-10(2-4-11)5-8-15-12-6-7-14-9-16-12/h1-4,6-7,9H,5,8H2,(H2,13,17,18)(H,14,15,16). The molecule has 0 aliphatic carbocycles. The maximum atomic E-state index is 11.1. The highest BCUT2D eigenvalue weighted by molar-refractivity contribution is 7.89. The van der Waals surface area contributed by atoms with E-state index >= 15 is 0 Å². The van der Waals surface area contributed by atoms with Crippen molar-refractivity contribution in [2.24, 2.45) is 5.14 Å². The number of nitrogens with two attached hydrogens (primary N) is 1. The molecule has 0 amide bonds. The van der Waals surface area contributed by atoms with E-state index in [0.717, 1.165) is 17.8 Å². The molecule has 0 unspecified atom stereocenters. The summed E-state index contributed by atoms with van der Waals surface area (Å²) in [4.78, 5) is 7.99. The number of hydrogen-bond acceptors (Lipinski definition) is 5. The summed E-state index contributed by atoms with van der Waals surface area (Å²) in [6.45, 7) is 0.700. The highest BCUT2D eigenvalue weighted by atomic mass is 32.2. The summed E-state index contributed by atoms with van der Waals surface area (Å²) in [5, 5.41) is 8.17. The van der Waals surface area contributed by atoms with Gasteiger partial charge < -0.3 is 5.32 Å². The van der Waals surface area contributed by atoms with Gasteiger partial charge in [-0.25, -0.2) is 23.5 Å². The Bertz CT molecular complexity index is 627. The molecule has 2 aromatic rings. The first-order valence-electron chi connectivity index (χ1n) is 5.67. The van der Waals surface area contributed by atoms with Gasteiger partial charge >= 0.3 is 0 Å². The van der Waals surface area contributed by atoms with E-state index in [2.05, 4.69) is 15.3 Å². The lowest BCUT2D eigenvalue weighted by atomic mass is 10.1. The van der Waals surface area contributed by atoms with Gasteiger partial charge in [0.15, 0.2) is 0 Å². The molecule has 0 atom stereocenters. The van der Waals surface area contributed by atoms with E-state index in [1.807, 2.05) is 0 Å². The van der Waals surface area contributed by atoms with Crippen molar-refractivity contribution in [2.75, 3.05) is 11.9 Å². The van der Waals surface area contributed by atoms with Crippen LogP contribution in [0.2, 0.25) is 0 Å². The first kappa shape index (κ1) is 13.4. The first-order valence-corrected chi connectivity index (χ1v) is 7.22. The van der Waals surface area contributed by atoms with E-state index in [1.165, 1.54) is 18.5 Å². The van der Waals surface area contributed by atoms with E-state index in [4.69, 9.17) is 5.14 Å². The lowest BCUT2D eigenvalue weighted by molar-refractivity contribution is 0.598. The molecule has 1 aromatic heterocycles. The average molecular weight is 278 g/mol. The van der Waals surface area contributed by atoms with Crippen molar-refractivity contribution in [1.29, 1.82) is 0 Å². The number of anilines is 1. The normalized spacial score (nSPS) is 11.2. The lowest BCUT2D eigenvalue weighted by Gasteiger charge is -2.05. The van der Waals surface area contributed by atoms with Crippen molar-refractivity contribution in [2.45, 2.75) is 11.3 Å². The van der Waals surface area contributed by atoms with Gasteiger partial charge in [0.2, 0.25) is 10.0 Å². The Morgan fingerprint density at radius 3 is 2.47 bits per heavy atom. The van der Waals surface area contributed by atoms with Crippen LogP contribution in [0.25, 0.3) is 0 Å². The third-order valence-electron chi connectivity index (χ3n) is 2.55. The summed E-state index contributed by atoms with van der Waals surface area (Å²) in [7, 11) is -3.62. The minimum Gasteiger partial charge on any atom is -0.370 e. The molecule has 100 valence electrons. The molecule has 0 spiro atoms. The molecule has 0 aliphatic rings. The fourth-order valence-electron chi connectivity index (χ4n) is 1.58. The van der Waals surface area contributed by atoms with Gasteiger partial charge in [0.25, 0.3) is 0 Å². The second-order valence-electron chi connectivity index (χ2n) is 3.96. The third kappa shape index (κ3) is 4.01. The maximum Gasteiger partial charge on any atom is 0.238 e. The Morgan fingerprint density at radius 1 is 1.16 bits per heavy atom. The van der Waals surface area contributed by atoms with Crippen LogP contribution in [0.1, 0.15) is 5.56 Å². The maximum absolute atomic E-state index is 11.1. The largest absolute Gasteiger partial charge is 0.370 e. The molecule has 6 nitrogen and oxygen atoms in total. The van der Waals surface area contributed by atoms with Crippen LogP contribution in [-0.4, -0.2) is 24.9 Å². The van der Waals surface area contributed by atoms with Gasteiger partial charge in [-0.05, 0) is 30.2 Å². The third-order valence-corrected chi connectivity index (χ3v) is 3.48. The van der Waals surface area contributed by atoms with E-state index in [1.54, 1.807) is 24.4 Å².